The third-order valence-corrected chi connectivity index (χ3v) is 4.53. The van der Waals surface area contributed by atoms with Crippen LogP contribution in [0.4, 0.5) is 11.8 Å². The van der Waals surface area contributed by atoms with Crippen molar-refractivity contribution in [3.05, 3.63) is 65.1 Å². The zero-order valence-corrected chi connectivity index (χ0v) is 15.6. The molecular weight excluding hydrogens is 376 g/mol. The van der Waals surface area contributed by atoms with Crippen LogP contribution in [-0.2, 0) is 0 Å². The molecule has 0 saturated heterocycles. The second-order valence-electron chi connectivity index (χ2n) is 6.13. The third kappa shape index (κ3) is 3.19. The summed E-state index contributed by atoms with van der Waals surface area (Å²) >= 11 is 6.21. The van der Waals surface area contributed by atoms with E-state index in [-0.39, 0.29) is 12.0 Å². The molecule has 0 amide bonds. The number of imidazole rings is 1. The Morgan fingerprint density at radius 1 is 1.21 bits per heavy atom. The molecule has 3 aromatic heterocycles. The van der Waals surface area contributed by atoms with Crippen molar-refractivity contribution < 1.29 is 0 Å². The molecular formula is C19H15ClN8. The minimum Gasteiger partial charge on any atom is -0.368 e. The number of nitriles is 1. The van der Waals surface area contributed by atoms with Gasteiger partial charge in [0.05, 0.1) is 24.1 Å². The Kier molecular flexibility index (Phi) is 4.51. The van der Waals surface area contributed by atoms with Crippen LogP contribution in [0.15, 0.2) is 48.8 Å². The summed E-state index contributed by atoms with van der Waals surface area (Å²) in [6, 6.07) is 13.5. The number of nitrogens with one attached hydrogen (secondary N) is 1. The van der Waals surface area contributed by atoms with Crippen molar-refractivity contribution in [3.63, 3.8) is 0 Å². The van der Waals surface area contributed by atoms with Gasteiger partial charge in [0.2, 0.25) is 5.95 Å². The normalized spacial score (nSPS) is 11.9. The van der Waals surface area contributed by atoms with Gasteiger partial charge in [-0.15, -0.1) is 0 Å². The van der Waals surface area contributed by atoms with Crippen molar-refractivity contribution >= 4 is 29.0 Å². The van der Waals surface area contributed by atoms with Gasteiger partial charge >= 0.3 is 0 Å². The summed E-state index contributed by atoms with van der Waals surface area (Å²) in [6.07, 6.45) is 2.95. The topological polar surface area (TPSA) is 118 Å². The smallest absolute Gasteiger partial charge is 0.222 e. The van der Waals surface area contributed by atoms with Crippen LogP contribution in [0.2, 0.25) is 5.15 Å². The van der Waals surface area contributed by atoms with Crippen LogP contribution in [0.1, 0.15) is 24.1 Å². The number of benzene rings is 1. The molecule has 0 radical (unpaired) electrons. The minimum absolute atomic E-state index is 0.0885. The maximum absolute atomic E-state index is 9.32. The van der Waals surface area contributed by atoms with Crippen molar-refractivity contribution in [2.24, 2.45) is 0 Å². The second-order valence-corrected chi connectivity index (χ2v) is 6.52. The molecule has 8 nitrogen and oxygen atoms in total. The Labute approximate surface area is 165 Å². The highest BCUT2D eigenvalue weighted by Gasteiger charge is 2.19. The van der Waals surface area contributed by atoms with Crippen molar-refractivity contribution in [2.75, 3.05) is 11.1 Å². The van der Waals surface area contributed by atoms with Gasteiger partial charge in [-0.05, 0) is 13.0 Å². The van der Waals surface area contributed by atoms with Crippen molar-refractivity contribution in [3.8, 4) is 17.3 Å². The van der Waals surface area contributed by atoms with E-state index in [0.717, 1.165) is 16.8 Å². The zero-order chi connectivity index (χ0) is 19.7. The first kappa shape index (κ1) is 17.7. The average molecular weight is 391 g/mol. The Bertz CT molecular complexity index is 1200. The number of anilines is 2. The summed E-state index contributed by atoms with van der Waals surface area (Å²) in [7, 11) is 0. The molecule has 0 spiro atoms. The molecule has 3 N–H and O–H groups in total. The quantitative estimate of drug-likeness (QED) is 0.547. The SMILES string of the molecule is CC(Nc1nc(N)ncc1C#N)c1cc2ncc(Cl)n2nc1-c1ccccc1. The van der Waals surface area contributed by atoms with Crippen LogP contribution in [0.3, 0.4) is 0 Å². The molecule has 1 unspecified atom stereocenters. The molecule has 0 saturated carbocycles. The van der Waals surface area contributed by atoms with E-state index < -0.39 is 0 Å². The van der Waals surface area contributed by atoms with E-state index in [0.29, 0.717) is 22.2 Å². The van der Waals surface area contributed by atoms with Crippen LogP contribution >= 0.6 is 11.6 Å². The lowest BCUT2D eigenvalue weighted by Crippen LogP contribution is -2.13. The summed E-state index contributed by atoms with van der Waals surface area (Å²) < 4.78 is 1.59. The van der Waals surface area contributed by atoms with Crippen LogP contribution in [-0.4, -0.2) is 24.6 Å². The van der Waals surface area contributed by atoms with Gasteiger partial charge in [0.1, 0.15) is 17.5 Å². The van der Waals surface area contributed by atoms with E-state index in [1.165, 1.54) is 6.20 Å². The predicted molar refractivity (Wildman–Crippen MR) is 107 cm³/mol. The summed E-state index contributed by atoms with van der Waals surface area (Å²) in [5, 5.41) is 17.7. The molecule has 9 heteroatoms. The first-order valence-electron chi connectivity index (χ1n) is 8.45. The molecule has 1 atom stereocenters. The second kappa shape index (κ2) is 7.13. The Morgan fingerprint density at radius 3 is 2.75 bits per heavy atom. The molecule has 0 fully saturated rings. The van der Waals surface area contributed by atoms with Gasteiger partial charge in [-0.25, -0.2) is 14.5 Å². The number of rotatable bonds is 4. The van der Waals surface area contributed by atoms with E-state index >= 15 is 0 Å². The Hall–Kier alpha value is -3.70. The van der Waals surface area contributed by atoms with Crippen molar-refractivity contribution in [1.29, 1.82) is 5.26 Å². The molecule has 138 valence electrons. The number of nitrogens with two attached hydrogens (primary N) is 1. The fourth-order valence-electron chi connectivity index (χ4n) is 2.92. The number of fused-ring (bicyclic) bond motifs is 1. The molecule has 0 aliphatic heterocycles. The largest absolute Gasteiger partial charge is 0.368 e. The van der Waals surface area contributed by atoms with Crippen molar-refractivity contribution in [2.45, 2.75) is 13.0 Å². The predicted octanol–water partition coefficient (Wildman–Crippen LogP) is 3.47. The third-order valence-electron chi connectivity index (χ3n) is 4.28. The first-order valence-corrected chi connectivity index (χ1v) is 8.83. The average Bonchev–Trinajstić information content (AvgIpc) is 3.08. The maximum Gasteiger partial charge on any atom is 0.222 e. The molecule has 4 rings (SSSR count). The lowest BCUT2D eigenvalue weighted by atomic mass is 10.0. The number of aromatic nitrogens is 5. The van der Waals surface area contributed by atoms with Gasteiger partial charge in [-0.1, -0.05) is 41.9 Å². The highest BCUT2D eigenvalue weighted by atomic mass is 35.5. The Balaban J connectivity index is 1.83. The Morgan fingerprint density at radius 2 is 2.00 bits per heavy atom. The fourth-order valence-corrected chi connectivity index (χ4v) is 3.09. The van der Waals surface area contributed by atoms with E-state index in [1.807, 2.05) is 43.3 Å². The van der Waals surface area contributed by atoms with Crippen LogP contribution in [0.5, 0.6) is 0 Å². The number of nitrogen functional groups attached to an aromatic ring is 1. The van der Waals surface area contributed by atoms with Gasteiger partial charge in [-0.3, -0.25) is 0 Å². The van der Waals surface area contributed by atoms with Crippen molar-refractivity contribution in [1.82, 2.24) is 24.6 Å². The molecule has 28 heavy (non-hydrogen) atoms. The minimum atomic E-state index is -0.246. The molecule has 0 aliphatic carbocycles. The number of halogens is 1. The van der Waals surface area contributed by atoms with Crippen LogP contribution in [0, 0.1) is 11.3 Å². The molecule has 4 aromatic rings. The van der Waals surface area contributed by atoms with Gasteiger partial charge < -0.3 is 11.1 Å². The zero-order valence-electron chi connectivity index (χ0n) is 14.8. The van der Waals surface area contributed by atoms with Gasteiger partial charge in [0.25, 0.3) is 0 Å². The standard InChI is InChI=1S/C19H15ClN8/c1-11(25-18-13(8-21)9-24-19(22)26-18)14-7-16-23-10-15(20)28(16)27-17(14)12-5-3-2-4-6-12/h2-7,9-11H,1H3,(H3,22,24,25,26). The molecule has 0 bridgehead atoms. The first-order chi connectivity index (χ1) is 13.6. The number of hydrogen-bond donors (Lipinski definition) is 2. The highest BCUT2D eigenvalue weighted by Crippen LogP contribution is 2.30. The van der Waals surface area contributed by atoms with E-state index in [1.54, 1.807) is 10.7 Å². The number of hydrogen-bond acceptors (Lipinski definition) is 7. The highest BCUT2D eigenvalue weighted by molar-refractivity contribution is 6.29. The van der Waals surface area contributed by atoms with Gasteiger partial charge in [0.15, 0.2) is 10.8 Å². The van der Waals surface area contributed by atoms with Crippen LogP contribution in [0.25, 0.3) is 16.9 Å². The van der Waals surface area contributed by atoms with E-state index in [9.17, 15) is 5.26 Å². The molecule has 3 heterocycles. The van der Waals surface area contributed by atoms with Crippen LogP contribution < -0.4 is 11.1 Å². The summed E-state index contributed by atoms with van der Waals surface area (Å²) in [4.78, 5) is 12.3. The van der Waals surface area contributed by atoms with E-state index in [2.05, 4.69) is 31.4 Å². The lowest BCUT2D eigenvalue weighted by Gasteiger charge is -2.19. The molecule has 0 aliphatic rings. The molecule has 1 aromatic carbocycles. The van der Waals surface area contributed by atoms with Gasteiger partial charge in [-0.2, -0.15) is 15.3 Å². The van der Waals surface area contributed by atoms with Gasteiger partial charge in [0, 0.05) is 11.1 Å². The summed E-state index contributed by atoms with van der Waals surface area (Å²) in [5.74, 6) is 0.452. The maximum atomic E-state index is 9.32. The lowest BCUT2D eigenvalue weighted by molar-refractivity contribution is 0.840. The number of nitrogens with zero attached hydrogens (tertiary/aromatic N) is 6. The summed E-state index contributed by atoms with van der Waals surface area (Å²) in [6.45, 7) is 1.95. The fraction of sp³-hybridized carbons (Fsp3) is 0.105. The summed E-state index contributed by atoms with van der Waals surface area (Å²) in [5.41, 5.74) is 9.16. The van der Waals surface area contributed by atoms with E-state index in [4.69, 9.17) is 17.3 Å². The monoisotopic (exact) mass is 390 g/mol.